The molecule has 0 radical (unpaired) electrons. The number of benzene rings is 2. The minimum Gasteiger partial charge on any atom is -0.457 e. The molecule has 0 spiro atoms. The molecule has 2 aromatic rings. The van der Waals surface area contributed by atoms with Crippen LogP contribution in [0.5, 0.6) is 11.5 Å². The van der Waals surface area contributed by atoms with Crippen molar-refractivity contribution in [2.24, 2.45) is 5.92 Å². The molecular weight excluding hydrogens is 394 g/mol. The van der Waals surface area contributed by atoms with Gasteiger partial charge in [0.1, 0.15) is 11.5 Å². The summed E-state index contributed by atoms with van der Waals surface area (Å²) < 4.78 is 6.28. The normalized spacial score (nSPS) is 21.2. The lowest BCUT2D eigenvalue weighted by atomic mass is 9.74. The third-order valence-corrected chi connectivity index (χ3v) is 7.12. The van der Waals surface area contributed by atoms with Crippen LogP contribution in [0, 0.1) is 5.92 Å². The van der Waals surface area contributed by atoms with Crippen LogP contribution in [-0.2, 0) is 0 Å². The van der Waals surface area contributed by atoms with E-state index >= 15 is 0 Å². The molecule has 0 amide bonds. The van der Waals surface area contributed by atoms with E-state index in [0.29, 0.717) is 18.3 Å². The summed E-state index contributed by atoms with van der Waals surface area (Å²) in [5, 5.41) is 3.71. The van der Waals surface area contributed by atoms with Gasteiger partial charge in [-0.1, -0.05) is 37.5 Å². The third-order valence-electron chi connectivity index (χ3n) is 7.12. The summed E-state index contributed by atoms with van der Waals surface area (Å²) in [6, 6.07) is 16.2. The van der Waals surface area contributed by atoms with Crippen LogP contribution in [0.15, 0.2) is 48.5 Å². The Hall–Kier alpha value is -2.13. The van der Waals surface area contributed by atoms with Crippen molar-refractivity contribution in [1.29, 1.82) is 0 Å². The van der Waals surface area contributed by atoms with Crippen molar-refractivity contribution < 1.29 is 9.53 Å². The molecule has 3 nitrogen and oxygen atoms in total. The molecule has 1 aliphatic carbocycles. The summed E-state index contributed by atoms with van der Waals surface area (Å²) in [4.78, 5) is 13.0. The summed E-state index contributed by atoms with van der Waals surface area (Å²) in [5.74, 6) is 3.00. The number of carbonyl (C=O) groups excluding carboxylic acids is 1. The number of piperidine rings is 1. The number of hydrogen-bond donors (Lipinski definition) is 1. The number of hydrogen-bond acceptors (Lipinski definition) is 3. The Morgan fingerprint density at radius 1 is 0.906 bits per heavy atom. The highest BCUT2D eigenvalue weighted by Crippen LogP contribution is 2.39. The number of ketones is 1. The Morgan fingerprint density at radius 2 is 1.53 bits per heavy atom. The number of ether oxygens (including phenoxy) is 1. The minimum absolute atomic E-state index is 0.0656. The molecule has 0 atom stereocenters. The Balaban J connectivity index is 1.41. The molecule has 1 saturated heterocycles. The maximum Gasteiger partial charge on any atom is 0.163 e. The molecule has 0 bridgehead atoms. The number of para-hydroxylation sites is 1. The zero-order chi connectivity index (χ0) is 22.8. The first kappa shape index (κ1) is 23.0. The number of nitrogens with one attached hydrogen (secondary N) is 1. The van der Waals surface area contributed by atoms with Gasteiger partial charge in [0.15, 0.2) is 5.78 Å². The van der Waals surface area contributed by atoms with Crippen molar-refractivity contribution in [2.75, 3.05) is 0 Å². The first-order valence-electron chi connectivity index (χ1n) is 12.4. The molecule has 0 unspecified atom stereocenters. The molecule has 0 aromatic heterocycles. The monoisotopic (exact) mass is 433 g/mol. The van der Waals surface area contributed by atoms with E-state index in [9.17, 15) is 4.79 Å². The van der Waals surface area contributed by atoms with Crippen LogP contribution in [0.2, 0.25) is 0 Å². The predicted molar refractivity (Wildman–Crippen MR) is 132 cm³/mol. The smallest absolute Gasteiger partial charge is 0.163 e. The maximum atomic E-state index is 13.0. The van der Waals surface area contributed by atoms with Crippen LogP contribution in [0.25, 0.3) is 0 Å². The van der Waals surface area contributed by atoms with E-state index in [1.54, 1.807) is 0 Å². The molecular formula is C29H39NO2. The Morgan fingerprint density at radius 3 is 2.19 bits per heavy atom. The van der Waals surface area contributed by atoms with Crippen molar-refractivity contribution in [3.63, 3.8) is 0 Å². The lowest BCUT2D eigenvalue weighted by Gasteiger charge is -2.46. The number of rotatable bonds is 6. The van der Waals surface area contributed by atoms with Crippen LogP contribution >= 0.6 is 0 Å². The van der Waals surface area contributed by atoms with Crippen LogP contribution in [0.3, 0.4) is 0 Å². The van der Waals surface area contributed by atoms with Gasteiger partial charge in [0, 0.05) is 23.1 Å². The number of carbonyl (C=O) groups is 1. The molecule has 1 saturated carbocycles. The second-order valence-electron chi connectivity index (χ2n) is 11.3. The topological polar surface area (TPSA) is 38.3 Å². The molecule has 1 heterocycles. The fraction of sp³-hybridized carbons (Fsp3) is 0.552. The van der Waals surface area contributed by atoms with Crippen LogP contribution in [0.1, 0.15) is 101 Å². The van der Waals surface area contributed by atoms with E-state index in [1.807, 2.05) is 30.3 Å². The van der Waals surface area contributed by atoms with Gasteiger partial charge < -0.3 is 10.1 Å². The van der Waals surface area contributed by atoms with Gasteiger partial charge in [0.25, 0.3) is 0 Å². The molecule has 3 heteroatoms. The average molecular weight is 434 g/mol. The highest BCUT2D eigenvalue weighted by Gasteiger charge is 2.38. The van der Waals surface area contributed by atoms with Gasteiger partial charge in [-0.25, -0.2) is 0 Å². The molecule has 4 rings (SSSR count). The van der Waals surface area contributed by atoms with Crippen molar-refractivity contribution in [3.05, 3.63) is 59.7 Å². The fourth-order valence-corrected chi connectivity index (χ4v) is 6.22. The highest BCUT2D eigenvalue weighted by molar-refractivity contribution is 5.96. The lowest BCUT2D eigenvalue weighted by molar-refractivity contribution is 0.0864. The highest BCUT2D eigenvalue weighted by atomic mass is 16.5. The van der Waals surface area contributed by atoms with Crippen molar-refractivity contribution in [3.8, 4) is 11.5 Å². The quantitative estimate of drug-likeness (QED) is 0.475. The lowest BCUT2D eigenvalue weighted by Crippen LogP contribution is -2.57. The molecule has 1 aliphatic heterocycles. The molecule has 2 aliphatic rings. The second kappa shape index (κ2) is 9.39. The van der Waals surface area contributed by atoms with E-state index in [1.165, 1.54) is 37.7 Å². The van der Waals surface area contributed by atoms with Gasteiger partial charge >= 0.3 is 0 Å². The Kier molecular flexibility index (Phi) is 6.76. The van der Waals surface area contributed by atoms with Crippen molar-refractivity contribution in [1.82, 2.24) is 5.32 Å². The van der Waals surface area contributed by atoms with Gasteiger partial charge in [-0.3, -0.25) is 4.79 Å². The van der Waals surface area contributed by atoms with E-state index in [0.717, 1.165) is 29.9 Å². The van der Waals surface area contributed by atoms with E-state index < -0.39 is 0 Å². The van der Waals surface area contributed by atoms with Gasteiger partial charge in [-0.2, -0.15) is 0 Å². The summed E-state index contributed by atoms with van der Waals surface area (Å²) in [6.45, 7) is 8.96. The van der Waals surface area contributed by atoms with Gasteiger partial charge in [-0.15, -0.1) is 0 Å². The van der Waals surface area contributed by atoms with Crippen molar-refractivity contribution >= 4 is 5.78 Å². The average Bonchev–Trinajstić information content (AvgIpc) is 2.73. The maximum absolute atomic E-state index is 13.0. The zero-order valence-corrected chi connectivity index (χ0v) is 20.2. The fourth-order valence-electron chi connectivity index (χ4n) is 6.22. The Bertz CT molecular complexity index is 906. The summed E-state index contributed by atoms with van der Waals surface area (Å²) >= 11 is 0. The van der Waals surface area contributed by atoms with Crippen molar-refractivity contribution in [2.45, 2.75) is 96.1 Å². The number of Topliss-reactive ketones (excluding diaryl/α,β-unsaturated/α-hetero) is 1. The van der Waals surface area contributed by atoms with Crippen LogP contribution in [-0.4, -0.2) is 16.9 Å². The van der Waals surface area contributed by atoms with Crippen LogP contribution < -0.4 is 10.1 Å². The molecule has 2 fully saturated rings. The summed E-state index contributed by atoms with van der Waals surface area (Å²) in [6.07, 6.45) is 9.13. The summed E-state index contributed by atoms with van der Waals surface area (Å²) in [5.41, 5.74) is 2.24. The molecule has 1 N–H and O–H groups in total. The summed E-state index contributed by atoms with van der Waals surface area (Å²) in [7, 11) is 0. The van der Waals surface area contributed by atoms with Gasteiger partial charge in [0.05, 0.1) is 0 Å². The molecule has 2 aromatic carbocycles. The molecule has 172 valence electrons. The second-order valence-corrected chi connectivity index (χ2v) is 11.3. The largest absolute Gasteiger partial charge is 0.457 e. The minimum atomic E-state index is 0.0656. The van der Waals surface area contributed by atoms with E-state index in [2.05, 4.69) is 51.2 Å². The zero-order valence-electron chi connectivity index (χ0n) is 20.2. The van der Waals surface area contributed by atoms with E-state index in [4.69, 9.17) is 4.74 Å². The van der Waals surface area contributed by atoms with E-state index in [-0.39, 0.29) is 16.9 Å². The first-order valence-corrected chi connectivity index (χ1v) is 12.4. The molecule has 32 heavy (non-hydrogen) atoms. The standard InChI is InChI=1S/C29H39NO2/c1-28(2)19-21(20-29(3,4)30-28)18-26(31)23-14-16-24(17-15-23)32-27-13-9-8-12-25(27)22-10-6-5-7-11-22/h8-9,12-17,21-22,30H,5-7,10-11,18-20H2,1-4H3. The first-order chi connectivity index (χ1) is 15.2. The van der Waals surface area contributed by atoms with Crippen LogP contribution in [0.4, 0.5) is 0 Å². The van der Waals surface area contributed by atoms with Gasteiger partial charge in [-0.05, 0) is 101 Å². The third kappa shape index (κ3) is 5.81. The van der Waals surface area contributed by atoms with Gasteiger partial charge in [0.2, 0.25) is 0 Å². The Labute approximate surface area is 194 Å². The SMILES string of the molecule is CC1(C)CC(CC(=O)c2ccc(Oc3ccccc3C3CCCCC3)cc2)CC(C)(C)N1. The predicted octanol–water partition coefficient (Wildman–Crippen LogP) is 7.66.